The van der Waals surface area contributed by atoms with Gasteiger partial charge in [0.05, 0.1) is 6.61 Å². The predicted octanol–water partition coefficient (Wildman–Crippen LogP) is 1.49. The molecular weight excluding hydrogens is 184 g/mol. The third-order valence-electron chi connectivity index (χ3n) is 2.52. The maximum Gasteiger partial charge on any atom is 0.185 e. The van der Waals surface area contributed by atoms with Gasteiger partial charge in [0, 0.05) is 24.2 Å². The van der Waals surface area contributed by atoms with E-state index in [-0.39, 0.29) is 6.61 Å². The van der Waals surface area contributed by atoms with Crippen molar-refractivity contribution in [3.63, 3.8) is 0 Å². The normalized spacial score (nSPS) is 17.0. The molecule has 72 valence electrons. The maximum atomic E-state index is 8.94. The first-order chi connectivity index (χ1) is 6.42. The van der Waals surface area contributed by atoms with Gasteiger partial charge >= 0.3 is 0 Å². The Morgan fingerprint density at radius 1 is 1.62 bits per heavy atom. The highest BCUT2D eigenvalue weighted by Gasteiger charge is 2.25. The lowest BCUT2D eigenvalue weighted by molar-refractivity contribution is 0.283. The monoisotopic (exact) mass is 198 g/mol. The minimum Gasteiger partial charge on any atom is -0.395 e. The number of hydrogen-bond acceptors (Lipinski definition) is 4. The predicted molar refractivity (Wildman–Crippen MR) is 54.2 cm³/mol. The molecule has 1 heterocycles. The Labute approximate surface area is 82.0 Å². The molecule has 1 N–H and O–H groups in total. The van der Waals surface area contributed by atoms with Crippen molar-refractivity contribution in [1.29, 1.82) is 0 Å². The highest BCUT2D eigenvalue weighted by molar-refractivity contribution is 7.13. The largest absolute Gasteiger partial charge is 0.395 e. The summed E-state index contributed by atoms with van der Waals surface area (Å²) in [5.41, 5.74) is 0. The van der Waals surface area contributed by atoms with E-state index in [2.05, 4.69) is 9.88 Å². The lowest BCUT2D eigenvalue weighted by Gasteiger charge is -2.37. The van der Waals surface area contributed by atoms with Crippen LogP contribution < -0.4 is 4.90 Å². The number of aliphatic hydroxyl groups is 1. The summed E-state index contributed by atoms with van der Waals surface area (Å²) < 4.78 is 0. The SMILES string of the molecule is OCCN(c1nccs1)C1CCC1. The van der Waals surface area contributed by atoms with Gasteiger partial charge in [-0.05, 0) is 19.3 Å². The first-order valence-corrected chi connectivity index (χ1v) is 5.57. The molecule has 0 radical (unpaired) electrons. The van der Waals surface area contributed by atoms with Gasteiger partial charge in [0.25, 0.3) is 0 Å². The van der Waals surface area contributed by atoms with Crippen LogP contribution in [0.1, 0.15) is 19.3 Å². The number of rotatable bonds is 4. The molecule has 0 unspecified atom stereocenters. The molecule has 1 saturated carbocycles. The first-order valence-electron chi connectivity index (χ1n) is 4.69. The highest BCUT2D eigenvalue weighted by atomic mass is 32.1. The topological polar surface area (TPSA) is 36.4 Å². The summed E-state index contributed by atoms with van der Waals surface area (Å²) in [5, 5.41) is 12.0. The van der Waals surface area contributed by atoms with Gasteiger partial charge in [-0.15, -0.1) is 11.3 Å². The molecule has 2 rings (SSSR count). The van der Waals surface area contributed by atoms with Crippen LogP contribution in [0.5, 0.6) is 0 Å². The number of aliphatic hydroxyl groups excluding tert-OH is 1. The second kappa shape index (κ2) is 4.07. The third kappa shape index (κ3) is 1.84. The van der Waals surface area contributed by atoms with Crippen LogP contribution in [-0.4, -0.2) is 29.3 Å². The molecule has 0 amide bonds. The Morgan fingerprint density at radius 3 is 2.92 bits per heavy atom. The fourth-order valence-electron chi connectivity index (χ4n) is 1.60. The zero-order valence-corrected chi connectivity index (χ0v) is 8.33. The lowest BCUT2D eigenvalue weighted by atomic mass is 9.92. The molecule has 0 aliphatic heterocycles. The average molecular weight is 198 g/mol. The van der Waals surface area contributed by atoms with Crippen LogP contribution in [0.25, 0.3) is 0 Å². The molecule has 1 aliphatic carbocycles. The molecule has 1 aromatic heterocycles. The Morgan fingerprint density at radius 2 is 2.46 bits per heavy atom. The van der Waals surface area contributed by atoms with Crippen LogP contribution in [0.15, 0.2) is 11.6 Å². The molecule has 1 aliphatic rings. The van der Waals surface area contributed by atoms with Crippen molar-refractivity contribution in [2.24, 2.45) is 0 Å². The fraction of sp³-hybridized carbons (Fsp3) is 0.667. The van der Waals surface area contributed by atoms with E-state index in [1.165, 1.54) is 19.3 Å². The number of hydrogen-bond donors (Lipinski definition) is 1. The Bertz CT molecular complexity index is 246. The zero-order valence-electron chi connectivity index (χ0n) is 7.52. The number of anilines is 1. The molecule has 1 fully saturated rings. The van der Waals surface area contributed by atoms with Gasteiger partial charge in [0.15, 0.2) is 5.13 Å². The van der Waals surface area contributed by atoms with Gasteiger partial charge in [-0.1, -0.05) is 0 Å². The van der Waals surface area contributed by atoms with E-state index in [4.69, 9.17) is 5.11 Å². The van der Waals surface area contributed by atoms with Crippen molar-refractivity contribution in [2.45, 2.75) is 25.3 Å². The molecular formula is C9H14N2OS. The van der Waals surface area contributed by atoms with Crippen LogP contribution >= 0.6 is 11.3 Å². The van der Waals surface area contributed by atoms with E-state index in [0.29, 0.717) is 6.04 Å². The quantitative estimate of drug-likeness (QED) is 0.796. The van der Waals surface area contributed by atoms with Gasteiger partial charge in [0.2, 0.25) is 0 Å². The molecule has 3 nitrogen and oxygen atoms in total. The molecule has 4 heteroatoms. The van der Waals surface area contributed by atoms with Gasteiger partial charge in [-0.3, -0.25) is 0 Å². The first kappa shape index (κ1) is 8.97. The van der Waals surface area contributed by atoms with Gasteiger partial charge in [-0.2, -0.15) is 0 Å². The number of thiazole rings is 1. The molecule has 0 spiro atoms. The van der Waals surface area contributed by atoms with Gasteiger partial charge in [0.1, 0.15) is 0 Å². The Balaban J connectivity index is 2.04. The van der Waals surface area contributed by atoms with Crippen molar-refractivity contribution in [2.75, 3.05) is 18.1 Å². The standard InChI is InChI=1S/C9H14N2OS/c12-6-5-11(8-2-1-3-8)9-10-4-7-13-9/h4,7-8,12H,1-3,5-6H2. The number of aromatic nitrogens is 1. The molecule has 13 heavy (non-hydrogen) atoms. The van der Waals surface area contributed by atoms with E-state index in [9.17, 15) is 0 Å². The minimum absolute atomic E-state index is 0.218. The van der Waals surface area contributed by atoms with Crippen molar-refractivity contribution in [1.82, 2.24) is 4.98 Å². The molecule has 0 saturated heterocycles. The van der Waals surface area contributed by atoms with Crippen LogP contribution in [0.4, 0.5) is 5.13 Å². The smallest absolute Gasteiger partial charge is 0.185 e. The molecule has 0 bridgehead atoms. The van der Waals surface area contributed by atoms with Gasteiger partial charge in [-0.25, -0.2) is 4.98 Å². The summed E-state index contributed by atoms with van der Waals surface area (Å²) in [7, 11) is 0. The van der Waals surface area contributed by atoms with Crippen LogP contribution in [-0.2, 0) is 0 Å². The molecule has 1 aromatic rings. The fourth-order valence-corrected chi connectivity index (χ4v) is 2.34. The highest BCUT2D eigenvalue weighted by Crippen LogP contribution is 2.30. The Hall–Kier alpha value is -0.610. The van der Waals surface area contributed by atoms with E-state index < -0.39 is 0 Å². The third-order valence-corrected chi connectivity index (χ3v) is 3.33. The average Bonchev–Trinajstić information content (AvgIpc) is 2.51. The van der Waals surface area contributed by atoms with E-state index in [0.717, 1.165) is 11.7 Å². The summed E-state index contributed by atoms with van der Waals surface area (Å²) in [4.78, 5) is 6.50. The van der Waals surface area contributed by atoms with Crippen LogP contribution in [0.2, 0.25) is 0 Å². The lowest BCUT2D eigenvalue weighted by Crippen LogP contribution is -2.41. The van der Waals surface area contributed by atoms with Gasteiger partial charge < -0.3 is 10.0 Å². The summed E-state index contributed by atoms with van der Waals surface area (Å²) >= 11 is 1.65. The van der Waals surface area contributed by atoms with Crippen molar-refractivity contribution in [3.05, 3.63) is 11.6 Å². The summed E-state index contributed by atoms with van der Waals surface area (Å²) in [5.74, 6) is 0. The molecule has 0 atom stereocenters. The second-order valence-electron chi connectivity index (χ2n) is 3.32. The van der Waals surface area contributed by atoms with Crippen LogP contribution in [0, 0.1) is 0 Å². The molecule has 0 aromatic carbocycles. The summed E-state index contributed by atoms with van der Waals surface area (Å²) in [6, 6.07) is 0.623. The Kier molecular flexibility index (Phi) is 2.80. The second-order valence-corrected chi connectivity index (χ2v) is 4.19. The van der Waals surface area contributed by atoms with Crippen molar-refractivity contribution >= 4 is 16.5 Å². The summed E-state index contributed by atoms with van der Waals surface area (Å²) in [6.07, 6.45) is 5.64. The maximum absolute atomic E-state index is 8.94. The number of nitrogens with zero attached hydrogens (tertiary/aromatic N) is 2. The summed E-state index contributed by atoms with van der Waals surface area (Å²) in [6.45, 7) is 0.939. The van der Waals surface area contributed by atoms with Crippen LogP contribution in [0.3, 0.4) is 0 Å². The van der Waals surface area contributed by atoms with E-state index in [1.54, 1.807) is 11.3 Å². The van der Waals surface area contributed by atoms with Crippen molar-refractivity contribution in [3.8, 4) is 0 Å². The zero-order chi connectivity index (χ0) is 9.10. The van der Waals surface area contributed by atoms with E-state index >= 15 is 0 Å². The van der Waals surface area contributed by atoms with E-state index in [1.807, 2.05) is 11.6 Å². The van der Waals surface area contributed by atoms with Crippen molar-refractivity contribution < 1.29 is 5.11 Å². The minimum atomic E-state index is 0.218.